The molecule has 0 spiro atoms. The average molecular weight is 449 g/mol. The molecule has 2 N–H and O–H groups in total. The topological polar surface area (TPSA) is 105 Å². The minimum Gasteiger partial charge on any atom is -0.506 e. The van der Waals surface area contributed by atoms with Gasteiger partial charge in [-0.2, -0.15) is 15.1 Å². The van der Waals surface area contributed by atoms with Crippen molar-refractivity contribution in [3.8, 4) is 11.8 Å². The molecular weight excluding hydrogens is 420 g/mol. The number of rotatable bonds is 9. The van der Waals surface area contributed by atoms with E-state index in [1.807, 2.05) is 18.2 Å². The van der Waals surface area contributed by atoms with Gasteiger partial charge in [0.15, 0.2) is 5.82 Å². The molecule has 0 unspecified atom stereocenters. The lowest BCUT2D eigenvalue weighted by atomic mass is 10.1. The van der Waals surface area contributed by atoms with E-state index in [9.17, 15) is 5.11 Å². The smallest absolute Gasteiger partial charge is 0.320 e. The van der Waals surface area contributed by atoms with Gasteiger partial charge in [-0.15, -0.1) is 0 Å². The molecule has 1 aromatic carbocycles. The summed E-state index contributed by atoms with van der Waals surface area (Å²) in [4.78, 5) is 15.4. The van der Waals surface area contributed by atoms with Gasteiger partial charge in [-0.05, 0) is 29.7 Å². The zero-order valence-corrected chi connectivity index (χ0v) is 18.6. The Morgan fingerprint density at radius 2 is 2.06 bits per heavy atom. The van der Waals surface area contributed by atoms with Crippen LogP contribution in [0.25, 0.3) is 0 Å². The van der Waals surface area contributed by atoms with Gasteiger partial charge in [0.1, 0.15) is 11.6 Å². The Balaban J connectivity index is 1.46. The fourth-order valence-corrected chi connectivity index (χ4v) is 3.37. The van der Waals surface area contributed by atoms with E-state index in [4.69, 9.17) is 9.47 Å². The number of ether oxygens (including phenoxy) is 2. The summed E-state index contributed by atoms with van der Waals surface area (Å²) in [6.07, 6.45) is 4.73. The molecule has 3 aromatic rings. The lowest BCUT2D eigenvalue weighted by Gasteiger charge is -2.28. The van der Waals surface area contributed by atoms with Crippen molar-refractivity contribution in [3.63, 3.8) is 0 Å². The average Bonchev–Trinajstić information content (AvgIpc) is 2.86. The number of nitrogens with one attached hydrogen (secondary N) is 1. The maximum atomic E-state index is 9.37. The van der Waals surface area contributed by atoms with E-state index in [0.717, 1.165) is 36.6 Å². The van der Waals surface area contributed by atoms with Crippen LogP contribution < -0.4 is 15.1 Å². The number of benzene rings is 1. The molecule has 0 aliphatic carbocycles. The number of nitrogens with zero attached hydrogens (tertiary/aromatic N) is 5. The van der Waals surface area contributed by atoms with Gasteiger partial charge in [0.2, 0.25) is 0 Å². The first-order chi connectivity index (χ1) is 16.2. The van der Waals surface area contributed by atoms with Crippen molar-refractivity contribution in [2.45, 2.75) is 19.8 Å². The van der Waals surface area contributed by atoms with Crippen LogP contribution >= 0.6 is 0 Å². The fraction of sp³-hybridized carbons (Fsp3) is 0.333. The quantitative estimate of drug-likeness (QED) is 0.380. The molecule has 0 bridgehead atoms. The van der Waals surface area contributed by atoms with Gasteiger partial charge in [-0.25, -0.2) is 0 Å². The molecule has 0 amide bonds. The zero-order chi connectivity index (χ0) is 22.9. The van der Waals surface area contributed by atoms with Crippen LogP contribution in [0.3, 0.4) is 0 Å². The van der Waals surface area contributed by atoms with Crippen LogP contribution in [0, 0.1) is 0 Å². The molecule has 0 radical (unpaired) electrons. The highest BCUT2D eigenvalue weighted by atomic mass is 16.5. The largest absolute Gasteiger partial charge is 0.506 e. The number of aryl methyl sites for hydroxylation is 1. The molecule has 9 nitrogen and oxygen atoms in total. The first-order valence-electron chi connectivity index (χ1n) is 11.1. The van der Waals surface area contributed by atoms with Gasteiger partial charge in [0.25, 0.3) is 0 Å². The van der Waals surface area contributed by atoms with Crippen molar-refractivity contribution < 1.29 is 14.6 Å². The summed E-state index contributed by atoms with van der Waals surface area (Å²) >= 11 is 0. The monoisotopic (exact) mass is 448 g/mol. The number of anilines is 2. The summed E-state index contributed by atoms with van der Waals surface area (Å²) in [6.45, 7) is 5.29. The van der Waals surface area contributed by atoms with Gasteiger partial charge in [-0.3, -0.25) is 10.4 Å². The van der Waals surface area contributed by atoms with E-state index in [1.165, 1.54) is 11.8 Å². The summed E-state index contributed by atoms with van der Waals surface area (Å²) in [7, 11) is 0. The highest BCUT2D eigenvalue weighted by molar-refractivity contribution is 5.80. The first kappa shape index (κ1) is 22.5. The number of hydrogen-bond donors (Lipinski definition) is 2. The molecule has 0 atom stereocenters. The van der Waals surface area contributed by atoms with E-state index in [0.29, 0.717) is 32.1 Å². The van der Waals surface area contributed by atoms with Crippen LogP contribution in [0.1, 0.15) is 23.7 Å². The fourth-order valence-electron chi connectivity index (χ4n) is 3.37. The Labute approximate surface area is 193 Å². The molecule has 3 heterocycles. The summed E-state index contributed by atoms with van der Waals surface area (Å²) in [5.41, 5.74) is 6.09. The van der Waals surface area contributed by atoms with Crippen molar-refractivity contribution in [3.05, 3.63) is 65.5 Å². The van der Waals surface area contributed by atoms with E-state index < -0.39 is 0 Å². The SMILES string of the molecule is CCc1cccc(/C=N\Nc2cc(N3CCOCC3)nc(OCCc3ccc(O)cn3)n2)c1. The second-order valence-electron chi connectivity index (χ2n) is 7.57. The van der Waals surface area contributed by atoms with Crippen LogP contribution in [0.15, 0.2) is 53.8 Å². The zero-order valence-electron chi connectivity index (χ0n) is 18.6. The molecule has 4 rings (SSSR count). The summed E-state index contributed by atoms with van der Waals surface area (Å²) in [5, 5.41) is 13.7. The third-order valence-corrected chi connectivity index (χ3v) is 5.18. The third kappa shape index (κ3) is 6.63. The summed E-state index contributed by atoms with van der Waals surface area (Å²) in [5.74, 6) is 1.45. The van der Waals surface area contributed by atoms with Crippen molar-refractivity contribution in [1.82, 2.24) is 15.0 Å². The minimum atomic E-state index is 0.138. The number of morpholine rings is 1. The van der Waals surface area contributed by atoms with Crippen molar-refractivity contribution >= 4 is 17.9 Å². The highest BCUT2D eigenvalue weighted by Crippen LogP contribution is 2.21. The Kier molecular flexibility index (Phi) is 7.65. The molecular formula is C24H28N6O3. The standard InChI is InChI=1S/C24H28N6O3/c1-2-18-4-3-5-19(14-18)16-26-29-22-15-23(30-9-12-32-13-10-30)28-24(27-22)33-11-8-20-6-7-21(31)17-25-20/h3-7,14-17,31H,2,8-13H2,1H3,(H,27,28,29)/b26-16-. The van der Waals surface area contributed by atoms with E-state index in [-0.39, 0.29) is 11.8 Å². The molecule has 1 aliphatic heterocycles. The van der Waals surface area contributed by atoms with Crippen LogP contribution in [0.4, 0.5) is 11.6 Å². The molecule has 172 valence electrons. The predicted molar refractivity (Wildman–Crippen MR) is 127 cm³/mol. The Morgan fingerprint density at radius 1 is 1.18 bits per heavy atom. The molecule has 1 aliphatic rings. The van der Waals surface area contributed by atoms with Gasteiger partial charge in [-0.1, -0.05) is 31.2 Å². The van der Waals surface area contributed by atoms with E-state index in [1.54, 1.807) is 18.3 Å². The lowest BCUT2D eigenvalue weighted by Crippen LogP contribution is -2.36. The van der Waals surface area contributed by atoms with E-state index >= 15 is 0 Å². The Bertz CT molecular complexity index is 1070. The molecule has 1 saturated heterocycles. The third-order valence-electron chi connectivity index (χ3n) is 5.18. The molecule has 9 heteroatoms. The Hall–Kier alpha value is -3.72. The van der Waals surface area contributed by atoms with Gasteiger partial charge < -0.3 is 19.5 Å². The van der Waals surface area contributed by atoms with Gasteiger partial charge in [0.05, 0.1) is 32.2 Å². The van der Waals surface area contributed by atoms with Crippen LogP contribution in [-0.4, -0.2) is 59.2 Å². The number of hydrogen-bond acceptors (Lipinski definition) is 9. The maximum Gasteiger partial charge on any atom is 0.320 e. The normalized spacial score (nSPS) is 13.9. The van der Waals surface area contributed by atoms with Gasteiger partial charge >= 0.3 is 6.01 Å². The number of aromatic nitrogens is 3. The number of hydrazone groups is 1. The van der Waals surface area contributed by atoms with Crippen molar-refractivity contribution in [1.29, 1.82) is 0 Å². The van der Waals surface area contributed by atoms with Crippen LogP contribution in [-0.2, 0) is 17.6 Å². The number of aromatic hydroxyl groups is 1. The van der Waals surface area contributed by atoms with Crippen LogP contribution in [0.2, 0.25) is 0 Å². The molecule has 33 heavy (non-hydrogen) atoms. The maximum absolute atomic E-state index is 9.37. The Morgan fingerprint density at radius 3 is 2.85 bits per heavy atom. The highest BCUT2D eigenvalue weighted by Gasteiger charge is 2.15. The summed E-state index contributed by atoms with van der Waals surface area (Å²) < 4.78 is 11.3. The predicted octanol–water partition coefficient (Wildman–Crippen LogP) is 3.04. The lowest BCUT2D eigenvalue weighted by molar-refractivity contribution is 0.122. The minimum absolute atomic E-state index is 0.138. The molecule has 2 aromatic heterocycles. The first-order valence-corrected chi connectivity index (χ1v) is 11.1. The van der Waals surface area contributed by atoms with Crippen LogP contribution in [0.5, 0.6) is 11.8 Å². The second kappa shape index (κ2) is 11.2. The van der Waals surface area contributed by atoms with E-state index in [2.05, 4.69) is 49.4 Å². The molecule has 0 saturated carbocycles. The number of pyridine rings is 1. The second-order valence-corrected chi connectivity index (χ2v) is 7.57. The van der Waals surface area contributed by atoms with Crippen molar-refractivity contribution in [2.75, 3.05) is 43.2 Å². The van der Waals surface area contributed by atoms with Crippen molar-refractivity contribution in [2.24, 2.45) is 5.10 Å². The summed E-state index contributed by atoms with van der Waals surface area (Å²) in [6, 6.07) is 13.7. The van der Waals surface area contributed by atoms with Gasteiger partial charge in [0, 0.05) is 31.3 Å². The molecule has 1 fully saturated rings.